The van der Waals surface area contributed by atoms with Gasteiger partial charge in [0.15, 0.2) is 0 Å². The Morgan fingerprint density at radius 2 is 2.35 bits per heavy atom. The summed E-state index contributed by atoms with van der Waals surface area (Å²) < 4.78 is 0. The topological polar surface area (TPSA) is 70.2 Å². The molecule has 2 amide bonds. The third-order valence-corrected chi connectivity index (χ3v) is 4.24. The fourth-order valence-corrected chi connectivity index (χ4v) is 2.99. The van der Waals surface area contributed by atoms with Gasteiger partial charge in [0.25, 0.3) is 5.91 Å². The normalized spacial score (nSPS) is 22.2. The minimum absolute atomic E-state index is 0.00980. The van der Waals surface area contributed by atoms with Crippen molar-refractivity contribution in [3.8, 4) is 0 Å². The van der Waals surface area contributed by atoms with Crippen LogP contribution in [0.3, 0.4) is 0 Å². The van der Waals surface area contributed by atoms with E-state index in [4.69, 9.17) is 0 Å². The Balaban J connectivity index is 1.64. The minimum Gasteiger partial charge on any atom is -0.353 e. The van der Waals surface area contributed by atoms with Crippen LogP contribution in [0, 0.1) is 0 Å². The molecule has 110 valence electrons. The van der Waals surface area contributed by atoms with Gasteiger partial charge < -0.3 is 16.0 Å². The van der Waals surface area contributed by atoms with Crippen molar-refractivity contribution in [1.82, 2.24) is 16.0 Å². The van der Waals surface area contributed by atoms with Crippen molar-refractivity contribution in [2.24, 2.45) is 0 Å². The molecule has 0 saturated carbocycles. The number of amides is 2. The van der Waals surface area contributed by atoms with E-state index >= 15 is 0 Å². The summed E-state index contributed by atoms with van der Waals surface area (Å²) in [6.07, 6.45) is 2.26. The summed E-state index contributed by atoms with van der Waals surface area (Å²) in [6.45, 7) is 3.45. The molecule has 3 N–H and O–H groups in total. The van der Waals surface area contributed by atoms with Gasteiger partial charge >= 0.3 is 0 Å². The summed E-state index contributed by atoms with van der Waals surface area (Å²) in [5.41, 5.74) is 0. The lowest BCUT2D eigenvalue weighted by Gasteiger charge is -2.28. The molecule has 0 aliphatic carbocycles. The number of hydrogen-bond donors (Lipinski definition) is 3. The van der Waals surface area contributed by atoms with Gasteiger partial charge in [0.1, 0.15) is 0 Å². The summed E-state index contributed by atoms with van der Waals surface area (Å²) in [4.78, 5) is 24.2. The van der Waals surface area contributed by atoms with Crippen molar-refractivity contribution in [2.75, 3.05) is 13.1 Å². The van der Waals surface area contributed by atoms with Crippen LogP contribution < -0.4 is 16.0 Å². The molecule has 1 saturated heterocycles. The van der Waals surface area contributed by atoms with E-state index in [0.29, 0.717) is 23.9 Å². The van der Waals surface area contributed by atoms with Crippen LogP contribution >= 0.6 is 11.3 Å². The highest BCUT2D eigenvalue weighted by Crippen LogP contribution is 2.09. The Labute approximate surface area is 123 Å². The summed E-state index contributed by atoms with van der Waals surface area (Å²) in [6, 6.07) is 4.32. The van der Waals surface area contributed by atoms with E-state index in [9.17, 15) is 9.59 Å². The molecule has 1 fully saturated rings. The summed E-state index contributed by atoms with van der Waals surface area (Å²) in [7, 11) is 0. The van der Waals surface area contributed by atoms with E-state index in [0.717, 1.165) is 19.4 Å². The first-order valence-electron chi connectivity index (χ1n) is 6.99. The van der Waals surface area contributed by atoms with Crippen LogP contribution in [-0.2, 0) is 4.79 Å². The molecule has 1 aliphatic heterocycles. The Kier molecular flexibility index (Phi) is 5.55. The molecule has 2 unspecified atom stereocenters. The van der Waals surface area contributed by atoms with Crippen molar-refractivity contribution in [3.63, 3.8) is 0 Å². The second-order valence-electron chi connectivity index (χ2n) is 5.13. The highest BCUT2D eigenvalue weighted by atomic mass is 32.1. The van der Waals surface area contributed by atoms with Crippen LogP contribution in [0.25, 0.3) is 0 Å². The highest BCUT2D eigenvalue weighted by Gasteiger charge is 2.19. The lowest BCUT2D eigenvalue weighted by atomic mass is 10.0. The van der Waals surface area contributed by atoms with E-state index in [1.807, 2.05) is 11.4 Å². The highest BCUT2D eigenvalue weighted by molar-refractivity contribution is 7.12. The molecule has 0 aromatic carbocycles. The van der Waals surface area contributed by atoms with Gasteiger partial charge in [0.2, 0.25) is 5.91 Å². The fraction of sp³-hybridized carbons (Fsp3) is 0.571. The summed E-state index contributed by atoms with van der Waals surface area (Å²) in [5.74, 6) is -0.0983. The van der Waals surface area contributed by atoms with Crippen LogP contribution in [0.4, 0.5) is 0 Å². The van der Waals surface area contributed by atoms with Crippen LogP contribution in [0.15, 0.2) is 17.5 Å². The lowest BCUT2D eigenvalue weighted by Crippen LogP contribution is -2.47. The molecule has 1 aromatic rings. The third-order valence-electron chi connectivity index (χ3n) is 3.37. The van der Waals surface area contributed by atoms with Gasteiger partial charge in [-0.15, -0.1) is 11.3 Å². The number of hydrogen-bond acceptors (Lipinski definition) is 4. The van der Waals surface area contributed by atoms with E-state index in [2.05, 4.69) is 22.9 Å². The van der Waals surface area contributed by atoms with Crippen molar-refractivity contribution in [3.05, 3.63) is 22.4 Å². The number of carbonyl (C=O) groups is 2. The first kappa shape index (κ1) is 15.0. The third kappa shape index (κ3) is 4.61. The molecule has 0 radical (unpaired) electrons. The zero-order valence-corrected chi connectivity index (χ0v) is 12.5. The van der Waals surface area contributed by atoms with Gasteiger partial charge in [-0.25, -0.2) is 0 Å². The smallest absolute Gasteiger partial charge is 0.261 e. The number of carbonyl (C=O) groups excluding carboxylic acids is 2. The van der Waals surface area contributed by atoms with Crippen molar-refractivity contribution in [1.29, 1.82) is 0 Å². The first-order chi connectivity index (χ1) is 9.65. The first-order valence-corrected chi connectivity index (χ1v) is 7.87. The molecule has 5 nitrogen and oxygen atoms in total. The van der Waals surface area contributed by atoms with Gasteiger partial charge in [-0.05, 0) is 37.8 Å². The molecular weight excluding hydrogens is 274 g/mol. The number of nitrogens with one attached hydrogen (secondary N) is 3. The Morgan fingerprint density at radius 3 is 3.05 bits per heavy atom. The van der Waals surface area contributed by atoms with E-state index in [1.165, 1.54) is 11.3 Å². The van der Waals surface area contributed by atoms with Gasteiger partial charge in [0, 0.05) is 25.0 Å². The molecule has 2 rings (SSSR count). The van der Waals surface area contributed by atoms with Gasteiger partial charge in [-0.1, -0.05) is 6.07 Å². The van der Waals surface area contributed by atoms with Crippen molar-refractivity contribution >= 4 is 23.2 Å². The molecule has 0 bridgehead atoms. The Hall–Kier alpha value is -1.40. The monoisotopic (exact) mass is 295 g/mol. The summed E-state index contributed by atoms with van der Waals surface area (Å²) in [5, 5.41) is 11.0. The Morgan fingerprint density at radius 1 is 1.50 bits per heavy atom. The van der Waals surface area contributed by atoms with Crippen molar-refractivity contribution in [2.45, 2.75) is 38.3 Å². The van der Waals surface area contributed by atoms with Crippen LogP contribution in [0.5, 0.6) is 0 Å². The average Bonchev–Trinajstić information content (AvgIpc) is 2.92. The van der Waals surface area contributed by atoms with E-state index < -0.39 is 0 Å². The molecule has 2 atom stereocenters. The molecule has 1 aliphatic rings. The van der Waals surface area contributed by atoms with E-state index in [-0.39, 0.29) is 17.9 Å². The van der Waals surface area contributed by atoms with Gasteiger partial charge in [-0.3, -0.25) is 9.59 Å². The van der Waals surface area contributed by atoms with Crippen LogP contribution in [0.1, 0.15) is 35.9 Å². The summed E-state index contributed by atoms with van der Waals surface area (Å²) >= 11 is 1.40. The maximum Gasteiger partial charge on any atom is 0.261 e. The molecule has 6 heteroatoms. The minimum atomic E-state index is -0.108. The SMILES string of the molecule is CC1CC(NC(=O)CCNC(=O)c2cccs2)CCN1. The predicted octanol–water partition coefficient (Wildman–Crippen LogP) is 1.12. The Bertz CT molecular complexity index is 447. The van der Waals surface area contributed by atoms with Crippen LogP contribution in [0.2, 0.25) is 0 Å². The predicted molar refractivity (Wildman–Crippen MR) is 79.9 cm³/mol. The lowest BCUT2D eigenvalue weighted by molar-refractivity contribution is -0.121. The molecule has 20 heavy (non-hydrogen) atoms. The second kappa shape index (κ2) is 7.40. The standard InChI is InChI=1S/C14H21N3O2S/c1-10-9-11(4-6-15-10)17-13(18)5-7-16-14(19)12-3-2-8-20-12/h2-3,8,10-11,15H,4-7,9H2,1H3,(H,16,19)(H,17,18). The van der Waals surface area contributed by atoms with Crippen LogP contribution in [-0.4, -0.2) is 37.0 Å². The van der Waals surface area contributed by atoms with E-state index in [1.54, 1.807) is 6.07 Å². The second-order valence-corrected chi connectivity index (χ2v) is 6.07. The number of piperidine rings is 1. The molecule has 0 spiro atoms. The quantitative estimate of drug-likeness (QED) is 0.762. The molecule has 1 aromatic heterocycles. The number of thiophene rings is 1. The maximum absolute atomic E-state index is 11.8. The zero-order valence-electron chi connectivity index (χ0n) is 11.6. The largest absolute Gasteiger partial charge is 0.353 e. The van der Waals surface area contributed by atoms with Gasteiger partial charge in [-0.2, -0.15) is 0 Å². The average molecular weight is 295 g/mol. The maximum atomic E-state index is 11.8. The zero-order chi connectivity index (χ0) is 14.4. The molecular formula is C14H21N3O2S. The van der Waals surface area contributed by atoms with Gasteiger partial charge in [0.05, 0.1) is 4.88 Å². The fourth-order valence-electron chi connectivity index (χ4n) is 2.35. The molecule has 2 heterocycles. The van der Waals surface area contributed by atoms with Crippen molar-refractivity contribution < 1.29 is 9.59 Å². The number of rotatable bonds is 5.